The summed E-state index contributed by atoms with van der Waals surface area (Å²) in [4.78, 5) is 10.4. The molecule has 0 unspecified atom stereocenters. The molecule has 0 aromatic rings. The minimum absolute atomic E-state index is 0.256. The summed E-state index contributed by atoms with van der Waals surface area (Å²) in [6.07, 6.45) is 0.256. The molecule has 0 atom stereocenters. The number of ether oxygens (including phenoxy) is 1. The Balaban J connectivity index is 3.60. The van der Waals surface area contributed by atoms with Gasteiger partial charge < -0.3 is 4.74 Å². The van der Waals surface area contributed by atoms with Gasteiger partial charge in [-0.15, -0.1) is 0 Å². The fourth-order valence-electron chi connectivity index (χ4n) is 0.346. The lowest BCUT2D eigenvalue weighted by Gasteiger charge is -2.14. The highest BCUT2D eigenvalue weighted by Gasteiger charge is 2.18. The number of carbonyl (C=O) groups is 1. The van der Waals surface area contributed by atoms with Crippen molar-refractivity contribution in [3.05, 3.63) is 0 Å². The highest BCUT2D eigenvalue weighted by Crippen LogP contribution is 2.04. The van der Waals surface area contributed by atoms with Gasteiger partial charge in [-0.25, -0.2) is 0 Å². The Hall–Kier alpha value is -0.570. The van der Waals surface area contributed by atoms with Gasteiger partial charge in [-0.05, 0) is 0 Å². The second kappa shape index (κ2) is 2.82. The predicted octanol–water partition coefficient (Wildman–Crippen LogP) is 1.11. The minimum atomic E-state index is -1.58. The van der Waals surface area contributed by atoms with Gasteiger partial charge in [-0.3, -0.25) is 4.79 Å². The van der Waals surface area contributed by atoms with Crippen molar-refractivity contribution < 1.29 is 14.6 Å². The van der Waals surface area contributed by atoms with Crippen LogP contribution in [0.3, 0.4) is 0 Å². The molecular formula is C6H11O3. The second-order valence-electron chi connectivity index (χ2n) is 2.23. The topological polar surface area (TPSA) is 46.2 Å². The first-order chi connectivity index (χ1) is 3.95. The smallest absolute Gasteiger partial charge is 0.308 e. The molecule has 3 heteroatoms. The monoisotopic (exact) mass is 131 g/mol. The third-order valence-corrected chi connectivity index (χ3v) is 0.648. The summed E-state index contributed by atoms with van der Waals surface area (Å²) in [6, 6.07) is 0. The molecule has 0 aromatic carbocycles. The lowest BCUT2D eigenvalue weighted by atomic mass is 10.4. The minimum Gasteiger partial charge on any atom is -0.431 e. The van der Waals surface area contributed by atoms with Crippen LogP contribution in [0.25, 0.3) is 0 Å². The molecule has 0 aromatic heterocycles. The predicted molar refractivity (Wildman–Crippen MR) is 31.1 cm³/mol. The molecule has 0 saturated heterocycles. The number of rotatable bonds is 2. The van der Waals surface area contributed by atoms with E-state index in [-0.39, 0.29) is 6.42 Å². The number of carbonyl (C=O) groups excluding carboxylic acids is 1. The molecule has 0 aliphatic heterocycles. The van der Waals surface area contributed by atoms with Crippen molar-refractivity contribution in [2.75, 3.05) is 0 Å². The third kappa shape index (κ3) is 5.30. The highest BCUT2D eigenvalue weighted by molar-refractivity contribution is 5.69. The van der Waals surface area contributed by atoms with Gasteiger partial charge in [0.25, 0.3) is 0 Å². The van der Waals surface area contributed by atoms with Gasteiger partial charge in [-0.2, -0.15) is 5.11 Å². The largest absolute Gasteiger partial charge is 0.431 e. The molecule has 53 valence electrons. The summed E-state index contributed by atoms with van der Waals surface area (Å²) >= 11 is 0. The first-order valence-electron chi connectivity index (χ1n) is 2.88. The van der Waals surface area contributed by atoms with Gasteiger partial charge in [0.2, 0.25) is 5.79 Å². The van der Waals surface area contributed by atoms with Crippen LogP contribution in [-0.2, 0) is 14.6 Å². The lowest BCUT2D eigenvalue weighted by Crippen LogP contribution is -2.25. The van der Waals surface area contributed by atoms with Gasteiger partial charge in [0, 0.05) is 20.3 Å². The zero-order valence-corrected chi connectivity index (χ0v) is 5.93. The van der Waals surface area contributed by atoms with E-state index in [9.17, 15) is 9.90 Å². The maximum atomic E-state index is 10.6. The van der Waals surface area contributed by atoms with E-state index in [4.69, 9.17) is 0 Å². The van der Waals surface area contributed by atoms with E-state index in [1.165, 1.54) is 13.8 Å². The molecule has 9 heavy (non-hydrogen) atoms. The molecule has 1 radical (unpaired) electrons. The molecule has 0 rings (SSSR count). The van der Waals surface area contributed by atoms with Crippen LogP contribution in [0.5, 0.6) is 0 Å². The zero-order chi connectivity index (χ0) is 7.49. The number of esters is 1. The average molecular weight is 131 g/mol. The van der Waals surface area contributed by atoms with E-state index >= 15 is 0 Å². The molecule has 0 aliphatic carbocycles. The molecule has 0 N–H and O–H groups in total. The standard InChI is InChI=1S/C6H11O3/c1-4-5(7)9-6(2,3)8/h4H2,1-3H3. The van der Waals surface area contributed by atoms with E-state index in [0.29, 0.717) is 0 Å². The molecule has 0 bridgehead atoms. The van der Waals surface area contributed by atoms with Crippen molar-refractivity contribution in [2.45, 2.75) is 33.0 Å². The summed E-state index contributed by atoms with van der Waals surface area (Å²) in [5.41, 5.74) is 0. The fraction of sp³-hybridized carbons (Fsp3) is 0.833. The summed E-state index contributed by atoms with van der Waals surface area (Å²) in [7, 11) is 0. The van der Waals surface area contributed by atoms with E-state index in [0.717, 1.165) is 0 Å². The van der Waals surface area contributed by atoms with Crippen LogP contribution < -0.4 is 0 Å². The first kappa shape index (κ1) is 8.43. The normalized spacial score (nSPS) is 11.1. The van der Waals surface area contributed by atoms with E-state index in [1.807, 2.05) is 0 Å². The third-order valence-electron chi connectivity index (χ3n) is 0.648. The SMILES string of the molecule is CCC(=O)OC(C)(C)[O]. The average Bonchev–Trinajstić information content (AvgIpc) is 1.62. The molecule has 0 heterocycles. The molecule has 3 nitrogen and oxygen atoms in total. The van der Waals surface area contributed by atoms with Crippen LogP contribution in [0.2, 0.25) is 0 Å². The zero-order valence-electron chi connectivity index (χ0n) is 5.93. The number of hydrogen-bond donors (Lipinski definition) is 0. The van der Waals surface area contributed by atoms with Crippen LogP contribution in [0.1, 0.15) is 27.2 Å². The van der Waals surface area contributed by atoms with E-state index in [2.05, 4.69) is 4.74 Å². The van der Waals surface area contributed by atoms with Crippen molar-refractivity contribution in [2.24, 2.45) is 0 Å². The molecular weight excluding hydrogens is 120 g/mol. The van der Waals surface area contributed by atoms with Gasteiger partial charge in [-0.1, -0.05) is 6.92 Å². The van der Waals surface area contributed by atoms with Crippen molar-refractivity contribution >= 4 is 5.97 Å². The molecule has 0 spiro atoms. The molecule has 0 saturated carbocycles. The summed E-state index contributed by atoms with van der Waals surface area (Å²) in [5, 5.41) is 10.6. The lowest BCUT2D eigenvalue weighted by molar-refractivity contribution is -0.216. The van der Waals surface area contributed by atoms with Crippen molar-refractivity contribution in [1.82, 2.24) is 0 Å². The van der Waals surface area contributed by atoms with E-state index < -0.39 is 11.8 Å². The van der Waals surface area contributed by atoms with Crippen LogP contribution in [0.15, 0.2) is 0 Å². The van der Waals surface area contributed by atoms with Gasteiger partial charge in [0.1, 0.15) is 0 Å². The van der Waals surface area contributed by atoms with Crippen LogP contribution in [-0.4, -0.2) is 11.8 Å². The summed E-state index contributed by atoms with van der Waals surface area (Å²) < 4.78 is 4.39. The Kier molecular flexibility index (Phi) is 2.65. The Morgan fingerprint density at radius 1 is 1.56 bits per heavy atom. The van der Waals surface area contributed by atoms with Crippen LogP contribution >= 0.6 is 0 Å². The second-order valence-corrected chi connectivity index (χ2v) is 2.23. The van der Waals surface area contributed by atoms with E-state index in [1.54, 1.807) is 6.92 Å². The maximum absolute atomic E-state index is 10.6. The Bertz CT molecular complexity index is 101. The molecule has 0 amide bonds. The quantitative estimate of drug-likeness (QED) is 0.416. The van der Waals surface area contributed by atoms with Gasteiger partial charge >= 0.3 is 5.97 Å². The van der Waals surface area contributed by atoms with Gasteiger partial charge in [0.15, 0.2) is 0 Å². The van der Waals surface area contributed by atoms with Crippen molar-refractivity contribution in [1.29, 1.82) is 0 Å². The fourth-order valence-corrected chi connectivity index (χ4v) is 0.346. The van der Waals surface area contributed by atoms with Gasteiger partial charge in [0.05, 0.1) is 0 Å². The van der Waals surface area contributed by atoms with Crippen molar-refractivity contribution in [3.63, 3.8) is 0 Å². The summed E-state index contributed by atoms with van der Waals surface area (Å²) in [6.45, 7) is 4.26. The first-order valence-corrected chi connectivity index (χ1v) is 2.88. The van der Waals surface area contributed by atoms with Crippen LogP contribution in [0.4, 0.5) is 0 Å². The number of hydrogen-bond acceptors (Lipinski definition) is 2. The molecule has 0 aliphatic rings. The summed E-state index contributed by atoms with van der Waals surface area (Å²) in [5.74, 6) is -2.03. The van der Waals surface area contributed by atoms with Crippen LogP contribution in [0, 0.1) is 0 Å². The highest BCUT2D eigenvalue weighted by atomic mass is 16.7. The Morgan fingerprint density at radius 2 is 2.00 bits per heavy atom. The maximum Gasteiger partial charge on any atom is 0.308 e. The van der Waals surface area contributed by atoms with Crippen molar-refractivity contribution in [3.8, 4) is 0 Å². The molecule has 0 fully saturated rings. The Morgan fingerprint density at radius 3 is 2.11 bits per heavy atom. The Labute approximate surface area is 54.6 Å².